The van der Waals surface area contributed by atoms with E-state index >= 15 is 0 Å². The van der Waals surface area contributed by atoms with Crippen molar-refractivity contribution >= 4 is 5.78 Å². The number of nitrogens with zero attached hydrogens (tertiary/aromatic N) is 2. The first-order valence-electron chi connectivity index (χ1n) is 8.41. The Morgan fingerprint density at radius 1 is 1.13 bits per heavy atom. The van der Waals surface area contributed by atoms with Crippen LogP contribution in [0.2, 0.25) is 0 Å². The van der Waals surface area contributed by atoms with E-state index in [1.165, 1.54) is 0 Å². The van der Waals surface area contributed by atoms with Crippen molar-refractivity contribution in [3.63, 3.8) is 0 Å². The maximum Gasteiger partial charge on any atom is 0.166 e. The molecule has 1 saturated heterocycles. The molecular weight excluding hydrogens is 286 g/mol. The molecular formula is C19H25N3O. The highest BCUT2D eigenvalue weighted by molar-refractivity contribution is 5.97. The Hall–Kier alpha value is -2.07. The van der Waals surface area contributed by atoms with Gasteiger partial charge in [0.25, 0.3) is 0 Å². The second-order valence-electron chi connectivity index (χ2n) is 6.40. The molecule has 2 heterocycles. The van der Waals surface area contributed by atoms with Crippen LogP contribution in [0.5, 0.6) is 0 Å². The summed E-state index contributed by atoms with van der Waals surface area (Å²) in [7, 11) is 0. The molecule has 23 heavy (non-hydrogen) atoms. The normalized spacial score (nSPS) is 19.7. The zero-order valence-electron chi connectivity index (χ0n) is 13.5. The van der Waals surface area contributed by atoms with Gasteiger partial charge in [0.2, 0.25) is 0 Å². The number of likely N-dealkylation sites (tertiary alicyclic amines) is 1. The lowest BCUT2D eigenvalue weighted by atomic mass is 9.89. The largest absolute Gasteiger partial charge is 0.401 e. The lowest BCUT2D eigenvalue weighted by Gasteiger charge is -2.33. The summed E-state index contributed by atoms with van der Waals surface area (Å²) in [5.74, 6) is 0.490. The molecule has 0 aliphatic carbocycles. The van der Waals surface area contributed by atoms with Crippen LogP contribution >= 0.6 is 0 Å². The summed E-state index contributed by atoms with van der Waals surface area (Å²) >= 11 is 0. The molecule has 0 amide bonds. The van der Waals surface area contributed by atoms with E-state index in [0.29, 0.717) is 5.78 Å². The van der Waals surface area contributed by atoms with Crippen LogP contribution in [0.3, 0.4) is 0 Å². The molecule has 3 rings (SSSR count). The third kappa shape index (κ3) is 4.23. The van der Waals surface area contributed by atoms with Gasteiger partial charge in [-0.2, -0.15) is 0 Å². The molecule has 0 atom stereocenters. The van der Waals surface area contributed by atoms with Gasteiger partial charge in [-0.3, -0.25) is 4.79 Å². The SMILES string of the molecule is NC1=CC=CN(CCN2CCC(C(=O)c3ccccc3)CC2)C1. The number of carbonyl (C=O) groups is 1. The maximum absolute atomic E-state index is 12.5. The fraction of sp³-hybridized carbons (Fsp3) is 0.421. The highest BCUT2D eigenvalue weighted by Gasteiger charge is 2.25. The Balaban J connectivity index is 1.43. The maximum atomic E-state index is 12.5. The van der Waals surface area contributed by atoms with E-state index in [1.54, 1.807) is 0 Å². The van der Waals surface area contributed by atoms with E-state index in [2.05, 4.69) is 16.0 Å². The fourth-order valence-corrected chi connectivity index (χ4v) is 3.31. The van der Waals surface area contributed by atoms with Crippen LogP contribution < -0.4 is 5.73 Å². The average molecular weight is 311 g/mol. The molecule has 0 bridgehead atoms. The van der Waals surface area contributed by atoms with Gasteiger partial charge in [0.05, 0.1) is 6.54 Å². The van der Waals surface area contributed by atoms with Gasteiger partial charge in [0, 0.05) is 30.3 Å². The molecule has 4 heteroatoms. The van der Waals surface area contributed by atoms with E-state index in [4.69, 9.17) is 5.73 Å². The number of allylic oxidation sites excluding steroid dienone is 2. The van der Waals surface area contributed by atoms with Gasteiger partial charge < -0.3 is 15.5 Å². The zero-order valence-corrected chi connectivity index (χ0v) is 13.5. The highest BCUT2D eigenvalue weighted by atomic mass is 16.1. The standard InChI is InChI=1S/C19H25N3O/c20-18-7-4-10-22(15-18)14-13-21-11-8-17(9-12-21)19(23)16-5-2-1-3-6-16/h1-7,10,17H,8-9,11-15,20H2. The van der Waals surface area contributed by atoms with Crippen molar-refractivity contribution in [2.75, 3.05) is 32.7 Å². The molecule has 0 saturated carbocycles. The van der Waals surface area contributed by atoms with E-state index in [-0.39, 0.29) is 5.92 Å². The van der Waals surface area contributed by atoms with Crippen LogP contribution in [0.1, 0.15) is 23.2 Å². The number of benzene rings is 1. The van der Waals surface area contributed by atoms with Crippen molar-refractivity contribution in [3.8, 4) is 0 Å². The summed E-state index contributed by atoms with van der Waals surface area (Å²) in [6, 6.07) is 9.68. The van der Waals surface area contributed by atoms with Gasteiger partial charge >= 0.3 is 0 Å². The van der Waals surface area contributed by atoms with Gasteiger partial charge in [-0.15, -0.1) is 0 Å². The lowest BCUT2D eigenvalue weighted by Crippen LogP contribution is -2.40. The molecule has 2 aliphatic rings. The number of ketones is 1. The monoisotopic (exact) mass is 311 g/mol. The minimum Gasteiger partial charge on any atom is -0.401 e. The fourth-order valence-electron chi connectivity index (χ4n) is 3.31. The molecule has 1 fully saturated rings. The Morgan fingerprint density at radius 2 is 1.87 bits per heavy atom. The van der Waals surface area contributed by atoms with Crippen LogP contribution in [0.25, 0.3) is 0 Å². The van der Waals surface area contributed by atoms with Crippen molar-refractivity contribution in [1.29, 1.82) is 0 Å². The molecule has 0 unspecified atom stereocenters. The van der Waals surface area contributed by atoms with Crippen molar-refractivity contribution in [2.45, 2.75) is 12.8 Å². The average Bonchev–Trinajstić information content (AvgIpc) is 2.61. The van der Waals surface area contributed by atoms with E-state index in [0.717, 1.165) is 56.8 Å². The minimum absolute atomic E-state index is 0.183. The summed E-state index contributed by atoms with van der Waals surface area (Å²) < 4.78 is 0. The van der Waals surface area contributed by atoms with Crippen LogP contribution in [0.4, 0.5) is 0 Å². The Kier molecular flexibility index (Phi) is 5.13. The molecule has 1 aromatic rings. The van der Waals surface area contributed by atoms with E-state index in [9.17, 15) is 4.79 Å². The number of piperidine rings is 1. The molecule has 2 aliphatic heterocycles. The Morgan fingerprint density at radius 3 is 2.57 bits per heavy atom. The molecule has 0 aromatic heterocycles. The first-order chi connectivity index (χ1) is 11.2. The van der Waals surface area contributed by atoms with Crippen LogP contribution in [-0.4, -0.2) is 48.3 Å². The van der Waals surface area contributed by atoms with Gasteiger partial charge in [0.15, 0.2) is 5.78 Å². The van der Waals surface area contributed by atoms with E-state index in [1.807, 2.05) is 42.5 Å². The summed E-state index contributed by atoms with van der Waals surface area (Å²) in [4.78, 5) is 17.2. The number of nitrogens with two attached hydrogens (primary N) is 1. The summed E-state index contributed by atoms with van der Waals surface area (Å²) in [5.41, 5.74) is 7.63. The number of hydrogen-bond donors (Lipinski definition) is 1. The second kappa shape index (κ2) is 7.47. The van der Waals surface area contributed by atoms with Gasteiger partial charge in [-0.1, -0.05) is 30.3 Å². The zero-order chi connectivity index (χ0) is 16.1. The first kappa shape index (κ1) is 15.8. The van der Waals surface area contributed by atoms with Crippen molar-refractivity contribution < 1.29 is 4.79 Å². The minimum atomic E-state index is 0.183. The van der Waals surface area contributed by atoms with Gasteiger partial charge in [-0.05, 0) is 44.3 Å². The van der Waals surface area contributed by atoms with Crippen LogP contribution in [0.15, 0.2) is 54.4 Å². The summed E-state index contributed by atoms with van der Waals surface area (Å²) in [6.45, 7) is 4.85. The molecule has 122 valence electrons. The highest BCUT2D eigenvalue weighted by Crippen LogP contribution is 2.21. The Labute approximate surface area is 138 Å². The predicted octanol–water partition coefficient (Wildman–Crippen LogP) is 2.25. The lowest BCUT2D eigenvalue weighted by molar-refractivity contribution is 0.0835. The quantitative estimate of drug-likeness (QED) is 0.848. The molecule has 2 N–H and O–H groups in total. The third-order valence-electron chi connectivity index (χ3n) is 4.71. The third-order valence-corrected chi connectivity index (χ3v) is 4.71. The van der Waals surface area contributed by atoms with E-state index < -0.39 is 0 Å². The van der Waals surface area contributed by atoms with Crippen molar-refractivity contribution in [2.24, 2.45) is 11.7 Å². The van der Waals surface area contributed by atoms with Crippen molar-refractivity contribution in [1.82, 2.24) is 9.80 Å². The first-order valence-corrected chi connectivity index (χ1v) is 8.41. The van der Waals surface area contributed by atoms with Crippen LogP contribution in [0, 0.1) is 5.92 Å². The molecule has 4 nitrogen and oxygen atoms in total. The predicted molar refractivity (Wildman–Crippen MR) is 92.9 cm³/mol. The number of hydrogen-bond acceptors (Lipinski definition) is 4. The number of Topliss-reactive ketones (excluding diaryl/α,β-unsaturated/α-hetero) is 1. The second-order valence-corrected chi connectivity index (χ2v) is 6.40. The van der Waals surface area contributed by atoms with Crippen molar-refractivity contribution in [3.05, 3.63) is 59.9 Å². The van der Waals surface area contributed by atoms with Gasteiger partial charge in [-0.25, -0.2) is 0 Å². The summed E-state index contributed by atoms with van der Waals surface area (Å²) in [6.07, 6.45) is 7.99. The molecule has 0 spiro atoms. The van der Waals surface area contributed by atoms with Gasteiger partial charge in [0.1, 0.15) is 0 Å². The molecule has 1 aromatic carbocycles. The smallest absolute Gasteiger partial charge is 0.166 e. The topological polar surface area (TPSA) is 49.6 Å². The van der Waals surface area contributed by atoms with Crippen LogP contribution in [-0.2, 0) is 0 Å². The summed E-state index contributed by atoms with van der Waals surface area (Å²) in [5, 5.41) is 0. The number of rotatable bonds is 5. The number of carbonyl (C=O) groups excluding carboxylic acids is 1. The Bertz CT molecular complexity index is 586. The molecule has 0 radical (unpaired) electrons.